The molecule has 1 amide bonds. The Hall–Kier alpha value is -0.610. The Morgan fingerprint density at radius 2 is 2.21 bits per heavy atom. The molecule has 0 bridgehead atoms. The summed E-state index contributed by atoms with van der Waals surface area (Å²) in [6.45, 7) is 5.20. The molecule has 2 atom stereocenters. The molecule has 1 aliphatic heterocycles. The Labute approximate surface area is 116 Å². The summed E-state index contributed by atoms with van der Waals surface area (Å²) in [7, 11) is 1.90. The zero-order valence-electron chi connectivity index (χ0n) is 12.3. The summed E-state index contributed by atoms with van der Waals surface area (Å²) in [6.07, 6.45) is 4.75. The zero-order valence-corrected chi connectivity index (χ0v) is 12.3. The fraction of sp³-hybridized carbons (Fsp3) is 0.933. The minimum Gasteiger partial charge on any atom is -0.393 e. The summed E-state index contributed by atoms with van der Waals surface area (Å²) in [5, 5.41) is 12.7. The van der Waals surface area contributed by atoms with Crippen molar-refractivity contribution in [2.24, 2.45) is 17.8 Å². The van der Waals surface area contributed by atoms with E-state index in [0.29, 0.717) is 24.2 Å². The van der Waals surface area contributed by atoms with Crippen molar-refractivity contribution in [3.63, 3.8) is 0 Å². The van der Waals surface area contributed by atoms with Crippen LogP contribution in [0.3, 0.4) is 0 Å². The third kappa shape index (κ3) is 4.18. The predicted molar refractivity (Wildman–Crippen MR) is 75.7 cm³/mol. The SMILES string of the molecule is CC(CC(=O)N(C)CC1CC(O)C1)C1CCCNC1. The molecule has 0 spiro atoms. The van der Waals surface area contributed by atoms with Crippen LogP contribution in [0.5, 0.6) is 0 Å². The molecule has 2 N–H and O–H groups in total. The quantitative estimate of drug-likeness (QED) is 0.789. The van der Waals surface area contributed by atoms with E-state index >= 15 is 0 Å². The maximum Gasteiger partial charge on any atom is 0.222 e. The van der Waals surface area contributed by atoms with Gasteiger partial charge in [-0.2, -0.15) is 0 Å². The molecule has 2 rings (SSSR count). The Kier molecular flexibility index (Phi) is 5.22. The molecule has 0 aromatic heterocycles. The molecule has 0 aromatic carbocycles. The molecule has 19 heavy (non-hydrogen) atoms. The van der Waals surface area contributed by atoms with E-state index in [1.54, 1.807) is 0 Å². The monoisotopic (exact) mass is 268 g/mol. The highest BCUT2D eigenvalue weighted by atomic mass is 16.3. The van der Waals surface area contributed by atoms with E-state index in [2.05, 4.69) is 12.2 Å². The normalized spacial score (nSPS) is 32.5. The predicted octanol–water partition coefficient (Wildman–Crippen LogP) is 1.24. The maximum atomic E-state index is 12.2. The van der Waals surface area contributed by atoms with Crippen molar-refractivity contribution in [3.05, 3.63) is 0 Å². The van der Waals surface area contributed by atoms with Crippen LogP contribution in [0.25, 0.3) is 0 Å². The zero-order chi connectivity index (χ0) is 13.8. The van der Waals surface area contributed by atoms with Crippen molar-refractivity contribution >= 4 is 5.91 Å². The topological polar surface area (TPSA) is 52.6 Å². The number of amides is 1. The van der Waals surface area contributed by atoms with E-state index in [9.17, 15) is 9.90 Å². The van der Waals surface area contributed by atoms with Crippen molar-refractivity contribution in [3.8, 4) is 0 Å². The number of piperidine rings is 1. The molecule has 0 aromatic rings. The van der Waals surface area contributed by atoms with Crippen molar-refractivity contribution < 1.29 is 9.90 Å². The lowest BCUT2D eigenvalue weighted by Crippen LogP contribution is -2.41. The first-order valence-electron chi connectivity index (χ1n) is 7.69. The van der Waals surface area contributed by atoms with Gasteiger partial charge in [0.05, 0.1) is 6.10 Å². The minimum atomic E-state index is -0.124. The van der Waals surface area contributed by atoms with Crippen LogP contribution in [0.15, 0.2) is 0 Å². The summed E-state index contributed by atoms with van der Waals surface area (Å²) >= 11 is 0. The number of rotatable bonds is 5. The smallest absolute Gasteiger partial charge is 0.222 e. The van der Waals surface area contributed by atoms with Crippen LogP contribution in [-0.2, 0) is 4.79 Å². The molecule has 1 saturated heterocycles. The molecule has 4 heteroatoms. The van der Waals surface area contributed by atoms with Gasteiger partial charge in [0.25, 0.3) is 0 Å². The third-order valence-corrected chi connectivity index (χ3v) is 4.80. The van der Waals surface area contributed by atoms with E-state index in [-0.39, 0.29) is 12.0 Å². The highest BCUT2D eigenvalue weighted by Gasteiger charge is 2.30. The lowest BCUT2D eigenvalue weighted by molar-refractivity contribution is -0.132. The Morgan fingerprint density at radius 3 is 2.79 bits per heavy atom. The van der Waals surface area contributed by atoms with Crippen LogP contribution in [0.2, 0.25) is 0 Å². The number of hydrogen-bond donors (Lipinski definition) is 2. The second kappa shape index (κ2) is 6.71. The standard InChI is InChI=1S/C15H28N2O2/c1-11(13-4-3-5-16-9-13)6-15(19)17(2)10-12-7-14(18)8-12/h11-14,16,18H,3-10H2,1-2H3. The second-order valence-corrected chi connectivity index (χ2v) is 6.55. The average molecular weight is 268 g/mol. The van der Waals surface area contributed by atoms with Gasteiger partial charge in [-0.1, -0.05) is 6.92 Å². The number of aliphatic hydroxyl groups excluding tert-OH is 1. The maximum absolute atomic E-state index is 12.2. The van der Waals surface area contributed by atoms with Gasteiger partial charge in [-0.15, -0.1) is 0 Å². The number of aliphatic hydroxyl groups is 1. The second-order valence-electron chi connectivity index (χ2n) is 6.55. The summed E-state index contributed by atoms with van der Waals surface area (Å²) < 4.78 is 0. The van der Waals surface area contributed by atoms with Crippen molar-refractivity contribution in [2.45, 2.75) is 45.1 Å². The first-order chi connectivity index (χ1) is 9.06. The van der Waals surface area contributed by atoms with Crippen LogP contribution < -0.4 is 5.32 Å². The van der Waals surface area contributed by atoms with Crippen LogP contribution >= 0.6 is 0 Å². The van der Waals surface area contributed by atoms with Gasteiger partial charge in [-0.25, -0.2) is 0 Å². The largest absolute Gasteiger partial charge is 0.393 e. The number of nitrogens with one attached hydrogen (secondary N) is 1. The molecule has 0 radical (unpaired) electrons. The molecular weight excluding hydrogens is 240 g/mol. The van der Waals surface area contributed by atoms with Crippen LogP contribution in [0, 0.1) is 17.8 Å². The van der Waals surface area contributed by atoms with Gasteiger partial charge in [-0.05, 0) is 56.5 Å². The number of nitrogens with zero attached hydrogens (tertiary/aromatic N) is 1. The molecule has 1 aliphatic carbocycles. The Morgan fingerprint density at radius 1 is 1.47 bits per heavy atom. The van der Waals surface area contributed by atoms with E-state index < -0.39 is 0 Å². The van der Waals surface area contributed by atoms with Crippen molar-refractivity contribution in [2.75, 3.05) is 26.7 Å². The van der Waals surface area contributed by atoms with Gasteiger partial charge >= 0.3 is 0 Å². The van der Waals surface area contributed by atoms with Crippen molar-refractivity contribution in [1.82, 2.24) is 10.2 Å². The van der Waals surface area contributed by atoms with Gasteiger partial charge in [0.2, 0.25) is 5.91 Å². The molecular formula is C15H28N2O2. The molecule has 2 fully saturated rings. The molecule has 2 aliphatic rings. The molecule has 1 saturated carbocycles. The number of carbonyl (C=O) groups excluding carboxylic acids is 1. The summed E-state index contributed by atoms with van der Waals surface area (Å²) in [5.74, 6) is 1.89. The van der Waals surface area contributed by atoms with Gasteiger partial charge < -0.3 is 15.3 Å². The Bertz CT molecular complexity index is 297. The van der Waals surface area contributed by atoms with Gasteiger partial charge in [-0.3, -0.25) is 4.79 Å². The van der Waals surface area contributed by atoms with Gasteiger partial charge in [0, 0.05) is 20.0 Å². The van der Waals surface area contributed by atoms with E-state index in [4.69, 9.17) is 0 Å². The third-order valence-electron chi connectivity index (χ3n) is 4.80. The van der Waals surface area contributed by atoms with Crippen molar-refractivity contribution in [1.29, 1.82) is 0 Å². The Balaban J connectivity index is 1.69. The van der Waals surface area contributed by atoms with E-state index in [1.807, 2.05) is 11.9 Å². The number of hydrogen-bond acceptors (Lipinski definition) is 3. The summed E-state index contributed by atoms with van der Waals surface area (Å²) in [5.41, 5.74) is 0. The van der Waals surface area contributed by atoms with Gasteiger partial charge in [0.15, 0.2) is 0 Å². The van der Waals surface area contributed by atoms with Crippen LogP contribution in [-0.4, -0.2) is 48.7 Å². The minimum absolute atomic E-state index is 0.124. The highest BCUT2D eigenvalue weighted by Crippen LogP contribution is 2.28. The first-order valence-corrected chi connectivity index (χ1v) is 7.69. The average Bonchev–Trinajstić information content (AvgIpc) is 2.37. The fourth-order valence-electron chi connectivity index (χ4n) is 3.30. The fourth-order valence-corrected chi connectivity index (χ4v) is 3.30. The molecule has 4 nitrogen and oxygen atoms in total. The van der Waals surface area contributed by atoms with Gasteiger partial charge in [0.1, 0.15) is 0 Å². The highest BCUT2D eigenvalue weighted by molar-refractivity contribution is 5.76. The van der Waals surface area contributed by atoms with Crippen LogP contribution in [0.4, 0.5) is 0 Å². The number of carbonyl (C=O) groups is 1. The summed E-state index contributed by atoms with van der Waals surface area (Å²) in [6, 6.07) is 0. The lowest BCUT2D eigenvalue weighted by Gasteiger charge is -2.35. The molecule has 1 heterocycles. The lowest BCUT2D eigenvalue weighted by atomic mass is 9.82. The molecule has 110 valence electrons. The summed E-state index contributed by atoms with van der Waals surface area (Å²) in [4.78, 5) is 14.1. The van der Waals surface area contributed by atoms with E-state index in [1.165, 1.54) is 12.8 Å². The first kappa shape index (κ1) is 14.8. The van der Waals surface area contributed by atoms with E-state index in [0.717, 1.165) is 32.5 Å². The van der Waals surface area contributed by atoms with Crippen LogP contribution in [0.1, 0.15) is 39.0 Å². The molecule has 2 unspecified atom stereocenters.